The summed E-state index contributed by atoms with van der Waals surface area (Å²) in [5, 5.41) is 15.4. The molecule has 2 aromatic rings. The summed E-state index contributed by atoms with van der Waals surface area (Å²) in [5.41, 5.74) is 1.70. The Morgan fingerprint density at radius 1 is 1.29 bits per heavy atom. The molecule has 0 spiro atoms. The van der Waals surface area contributed by atoms with Gasteiger partial charge in [0.2, 0.25) is 0 Å². The van der Waals surface area contributed by atoms with Gasteiger partial charge in [0.15, 0.2) is 5.96 Å². The Morgan fingerprint density at radius 3 is 2.96 bits per heavy atom. The molecular formula is C18H22N4O2. The molecule has 0 amide bonds. The molecule has 0 saturated heterocycles. The molecule has 1 aromatic heterocycles. The first-order chi connectivity index (χ1) is 11.8. The smallest absolute Gasteiger partial charge is 0.191 e. The molecular weight excluding hydrogens is 304 g/mol. The van der Waals surface area contributed by atoms with E-state index in [1.165, 1.54) is 0 Å². The molecule has 2 rings (SSSR count). The van der Waals surface area contributed by atoms with Crippen molar-refractivity contribution in [1.29, 1.82) is 5.26 Å². The highest BCUT2D eigenvalue weighted by Gasteiger charge is 2.00. The standard InChI is InChI=1S/C18H22N4O2/c1-20-18(22-13-16-6-2-5-15(11-16)12-19)21-8-4-9-23-14-17-7-3-10-24-17/h2-3,5-7,10-11H,4,8-9,13-14H2,1H3,(H2,20,21,22). The van der Waals surface area contributed by atoms with Gasteiger partial charge in [-0.25, -0.2) is 0 Å². The van der Waals surface area contributed by atoms with E-state index in [4.69, 9.17) is 14.4 Å². The molecule has 126 valence electrons. The van der Waals surface area contributed by atoms with Gasteiger partial charge in [0.1, 0.15) is 12.4 Å². The molecule has 0 bridgehead atoms. The van der Waals surface area contributed by atoms with Gasteiger partial charge in [-0.3, -0.25) is 4.99 Å². The second kappa shape index (κ2) is 10.1. The fraction of sp³-hybridized carbons (Fsp3) is 0.333. The fourth-order valence-electron chi connectivity index (χ4n) is 2.11. The lowest BCUT2D eigenvalue weighted by atomic mass is 10.1. The molecule has 0 radical (unpaired) electrons. The van der Waals surface area contributed by atoms with E-state index in [0.717, 1.165) is 30.2 Å². The summed E-state index contributed by atoms with van der Waals surface area (Å²) in [6.07, 6.45) is 2.51. The van der Waals surface area contributed by atoms with Gasteiger partial charge in [0.05, 0.1) is 17.9 Å². The van der Waals surface area contributed by atoms with Crippen molar-refractivity contribution in [3.63, 3.8) is 0 Å². The Kier molecular flexibility index (Phi) is 7.38. The van der Waals surface area contributed by atoms with Crippen molar-refractivity contribution in [2.24, 2.45) is 4.99 Å². The van der Waals surface area contributed by atoms with E-state index in [-0.39, 0.29) is 0 Å². The maximum atomic E-state index is 8.91. The van der Waals surface area contributed by atoms with Gasteiger partial charge in [-0.2, -0.15) is 5.26 Å². The Hall–Kier alpha value is -2.78. The van der Waals surface area contributed by atoms with E-state index in [9.17, 15) is 0 Å². The summed E-state index contributed by atoms with van der Waals surface area (Å²) in [5.74, 6) is 1.56. The quantitative estimate of drug-likeness (QED) is 0.442. The van der Waals surface area contributed by atoms with Crippen LogP contribution in [0, 0.1) is 11.3 Å². The average molecular weight is 326 g/mol. The normalized spacial score (nSPS) is 11.1. The molecule has 0 aliphatic rings. The Bertz CT molecular complexity index is 675. The van der Waals surface area contributed by atoms with Crippen LogP contribution >= 0.6 is 0 Å². The summed E-state index contributed by atoms with van der Waals surface area (Å²) in [6.45, 7) is 2.52. The highest BCUT2D eigenvalue weighted by atomic mass is 16.5. The van der Waals surface area contributed by atoms with Crippen LogP contribution in [0.2, 0.25) is 0 Å². The molecule has 6 nitrogen and oxygen atoms in total. The number of hydrogen-bond donors (Lipinski definition) is 2. The lowest BCUT2D eigenvalue weighted by molar-refractivity contribution is 0.105. The van der Waals surface area contributed by atoms with Gasteiger partial charge >= 0.3 is 0 Å². The summed E-state index contributed by atoms with van der Waals surface area (Å²) >= 11 is 0. The number of nitrogens with one attached hydrogen (secondary N) is 2. The van der Waals surface area contributed by atoms with Gasteiger partial charge in [0, 0.05) is 26.7 Å². The first kappa shape index (κ1) is 17.6. The molecule has 0 saturated carbocycles. The molecule has 0 fully saturated rings. The molecule has 6 heteroatoms. The number of guanidine groups is 1. The maximum absolute atomic E-state index is 8.91. The lowest BCUT2D eigenvalue weighted by Crippen LogP contribution is -2.37. The topological polar surface area (TPSA) is 82.6 Å². The summed E-state index contributed by atoms with van der Waals surface area (Å²) in [7, 11) is 1.73. The van der Waals surface area contributed by atoms with E-state index in [0.29, 0.717) is 25.3 Å². The van der Waals surface area contributed by atoms with Crippen molar-refractivity contribution in [1.82, 2.24) is 10.6 Å². The number of nitriles is 1. The summed E-state index contributed by atoms with van der Waals surface area (Å²) in [4.78, 5) is 4.18. The van der Waals surface area contributed by atoms with Crippen LogP contribution in [-0.2, 0) is 17.9 Å². The first-order valence-electron chi connectivity index (χ1n) is 7.85. The Balaban J connectivity index is 1.61. The molecule has 1 heterocycles. The number of benzene rings is 1. The molecule has 0 unspecified atom stereocenters. The minimum absolute atomic E-state index is 0.495. The van der Waals surface area contributed by atoms with Gasteiger partial charge < -0.3 is 19.8 Å². The largest absolute Gasteiger partial charge is 0.467 e. The zero-order valence-electron chi connectivity index (χ0n) is 13.8. The van der Waals surface area contributed by atoms with Crippen LogP contribution < -0.4 is 10.6 Å². The number of rotatable bonds is 8. The van der Waals surface area contributed by atoms with E-state index < -0.39 is 0 Å². The van der Waals surface area contributed by atoms with Crippen LogP contribution in [0.5, 0.6) is 0 Å². The molecule has 0 aliphatic carbocycles. The van der Waals surface area contributed by atoms with E-state index in [1.807, 2.05) is 30.3 Å². The van der Waals surface area contributed by atoms with Crippen LogP contribution in [0.15, 0.2) is 52.1 Å². The molecule has 24 heavy (non-hydrogen) atoms. The monoisotopic (exact) mass is 326 g/mol. The van der Waals surface area contributed by atoms with Crippen LogP contribution in [-0.4, -0.2) is 26.2 Å². The van der Waals surface area contributed by atoms with Gasteiger partial charge in [-0.05, 0) is 36.2 Å². The molecule has 0 atom stereocenters. The summed E-state index contributed by atoms with van der Waals surface area (Å²) in [6, 6.07) is 13.4. The number of ether oxygens (including phenoxy) is 1. The summed E-state index contributed by atoms with van der Waals surface area (Å²) < 4.78 is 10.7. The van der Waals surface area contributed by atoms with Gasteiger partial charge in [0.25, 0.3) is 0 Å². The van der Waals surface area contributed by atoms with E-state index in [2.05, 4.69) is 21.7 Å². The third-order valence-corrected chi connectivity index (χ3v) is 3.32. The lowest BCUT2D eigenvalue weighted by Gasteiger charge is -2.12. The van der Waals surface area contributed by atoms with Crippen molar-refractivity contribution >= 4 is 5.96 Å². The highest BCUT2D eigenvalue weighted by molar-refractivity contribution is 5.79. The Labute approximate surface area is 142 Å². The molecule has 2 N–H and O–H groups in total. The number of furan rings is 1. The van der Waals surface area contributed by atoms with Crippen LogP contribution in [0.1, 0.15) is 23.3 Å². The SMILES string of the molecule is CN=C(NCCCOCc1ccco1)NCc1cccc(C#N)c1. The first-order valence-corrected chi connectivity index (χ1v) is 7.85. The van der Waals surface area contributed by atoms with Crippen molar-refractivity contribution in [2.75, 3.05) is 20.2 Å². The van der Waals surface area contributed by atoms with Crippen LogP contribution in [0.4, 0.5) is 0 Å². The zero-order valence-corrected chi connectivity index (χ0v) is 13.8. The van der Waals surface area contributed by atoms with Crippen LogP contribution in [0.25, 0.3) is 0 Å². The Morgan fingerprint density at radius 2 is 2.21 bits per heavy atom. The van der Waals surface area contributed by atoms with Crippen molar-refractivity contribution in [2.45, 2.75) is 19.6 Å². The third kappa shape index (κ3) is 6.15. The maximum Gasteiger partial charge on any atom is 0.191 e. The van der Waals surface area contributed by atoms with Crippen LogP contribution in [0.3, 0.4) is 0 Å². The minimum Gasteiger partial charge on any atom is -0.467 e. The predicted octanol–water partition coefficient (Wildman–Crippen LogP) is 2.42. The third-order valence-electron chi connectivity index (χ3n) is 3.32. The number of hydrogen-bond acceptors (Lipinski definition) is 4. The second-order valence-electron chi connectivity index (χ2n) is 5.15. The zero-order chi connectivity index (χ0) is 17.0. The van der Waals surface area contributed by atoms with Crippen molar-refractivity contribution in [3.8, 4) is 6.07 Å². The van der Waals surface area contributed by atoms with Crippen molar-refractivity contribution < 1.29 is 9.15 Å². The van der Waals surface area contributed by atoms with E-state index >= 15 is 0 Å². The average Bonchev–Trinajstić information content (AvgIpc) is 3.14. The van der Waals surface area contributed by atoms with Crippen molar-refractivity contribution in [3.05, 3.63) is 59.5 Å². The number of aliphatic imine (C=N–C) groups is 1. The second-order valence-corrected chi connectivity index (χ2v) is 5.15. The fourth-order valence-corrected chi connectivity index (χ4v) is 2.11. The molecule has 0 aliphatic heterocycles. The molecule has 1 aromatic carbocycles. The van der Waals surface area contributed by atoms with Gasteiger partial charge in [-0.15, -0.1) is 0 Å². The van der Waals surface area contributed by atoms with E-state index in [1.54, 1.807) is 19.4 Å². The minimum atomic E-state index is 0.495. The van der Waals surface area contributed by atoms with Gasteiger partial charge in [-0.1, -0.05) is 12.1 Å². The number of nitrogens with zero attached hydrogens (tertiary/aromatic N) is 2. The predicted molar refractivity (Wildman–Crippen MR) is 92.3 cm³/mol. The highest BCUT2D eigenvalue weighted by Crippen LogP contribution is 2.03.